The molecule has 0 saturated carbocycles. The first kappa shape index (κ1) is 26.7. The minimum Gasteiger partial charge on any atom is -0.487 e. The maximum Gasteiger partial charge on any atom is 0.272 e. The number of aliphatic hydroxyl groups excluding tert-OH is 1. The largest absolute Gasteiger partial charge is 0.487 e. The summed E-state index contributed by atoms with van der Waals surface area (Å²) in [5, 5.41) is 9.77. The molecular formula is C26H33N3O5S. The van der Waals surface area contributed by atoms with Crippen LogP contribution in [0, 0.1) is 17.8 Å². The van der Waals surface area contributed by atoms with Crippen LogP contribution in [0.5, 0.6) is 5.75 Å². The van der Waals surface area contributed by atoms with Crippen molar-refractivity contribution < 1.29 is 23.1 Å². The molecule has 1 N–H and O–H groups in total. The van der Waals surface area contributed by atoms with E-state index in [-0.39, 0.29) is 42.2 Å². The third-order valence-electron chi connectivity index (χ3n) is 5.96. The number of hydrogen-bond acceptors (Lipinski definition) is 6. The lowest BCUT2D eigenvalue weighted by Crippen LogP contribution is -2.50. The Balaban J connectivity index is 2.01. The van der Waals surface area contributed by atoms with Gasteiger partial charge in [-0.15, -0.1) is 0 Å². The summed E-state index contributed by atoms with van der Waals surface area (Å²) in [6.07, 6.45) is 2.71. The number of sulfonamides is 1. The van der Waals surface area contributed by atoms with Crippen LogP contribution in [0.15, 0.2) is 47.5 Å². The summed E-state index contributed by atoms with van der Waals surface area (Å²) in [4.78, 5) is 18.6. The molecule has 1 amide bonds. The lowest BCUT2D eigenvalue weighted by molar-refractivity contribution is 0.0559. The Bertz CT molecular complexity index is 1190. The van der Waals surface area contributed by atoms with Gasteiger partial charge in [0.1, 0.15) is 22.4 Å². The molecule has 1 aromatic carbocycles. The van der Waals surface area contributed by atoms with E-state index in [1.807, 2.05) is 13.8 Å². The lowest BCUT2D eigenvalue weighted by Gasteiger charge is -2.37. The van der Waals surface area contributed by atoms with E-state index in [4.69, 9.17) is 4.74 Å². The zero-order chi connectivity index (χ0) is 25.6. The van der Waals surface area contributed by atoms with E-state index >= 15 is 0 Å². The number of unbranched alkanes of at least 4 members (excludes halogenated alkanes) is 1. The first-order valence-corrected chi connectivity index (χ1v) is 13.2. The van der Waals surface area contributed by atoms with Gasteiger partial charge < -0.3 is 14.7 Å². The van der Waals surface area contributed by atoms with Crippen molar-refractivity contribution in [2.45, 2.75) is 50.7 Å². The minimum absolute atomic E-state index is 0.0226. The molecule has 0 aliphatic carbocycles. The molecule has 0 saturated heterocycles. The quantitative estimate of drug-likeness (QED) is 0.614. The van der Waals surface area contributed by atoms with Gasteiger partial charge in [0, 0.05) is 43.7 Å². The molecule has 2 aromatic rings. The highest BCUT2D eigenvalue weighted by Crippen LogP contribution is 2.34. The van der Waals surface area contributed by atoms with Gasteiger partial charge in [-0.1, -0.05) is 31.8 Å². The van der Waals surface area contributed by atoms with Crippen molar-refractivity contribution in [1.82, 2.24) is 14.2 Å². The molecule has 1 aromatic heterocycles. The van der Waals surface area contributed by atoms with Gasteiger partial charge in [-0.3, -0.25) is 9.78 Å². The third kappa shape index (κ3) is 6.20. The number of carbonyl (C=O) groups is 1. The van der Waals surface area contributed by atoms with Crippen molar-refractivity contribution in [3.8, 4) is 17.6 Å². The Labute approximate surface area is 208 Å². The van der Waals surface area contributed by atoms with E-state index in [9.17, 15) is 18.3 Å². The van der Waals surface area contributed by atoms with E-state index in [1.165, 1.54) is 15.3 Å². The molecule has 3 rings (SSSR count). The van der Waals surface area contributed by atoms with Gasteiger partial charge in [-0.05, 0) is 43.7 Å². The van der Waals surface area contributed by atoms with Gasteiger partial charge in [0.25, 0.3) is 5.91 Å². The fourth-order valence-electron chi connectivity index (χ4n) is 3.85. The standard InChI is InChI=1S/C26H33N3O5S/c1-5-6-7-10-21-12-13-25-23(15-21)34-24(17-28(4)26(31)22-11-8-9-14-27-22)19(2)16-29(20(3)18-30)35(25,32)33/h8-9,11-15,19-20,24,30H,5-6,16-18H2,1-4H3/t19-,20+,24-/m0/s1. The number of fused-ring (bicyclic) bond motifs is 1. The molecule has 188 valence electrons. The SMILES string of the molecule is CCCC#Cc1ccc2c(c1)O[C@@H](CN(C)C(=O)c1ccccn1)[C@@H](C)CN([C@H](C)CO)S2(=O)=O. The fraction of sp³-hybridized carbons (Fsp3) is 0.462. The first-order chi connectivity index (χ1) is 16.7. The smallest absolute Gasteiger partial charge is 0.272 e. The van der Waals surface area contributed by atoms with E-state index in [1.54, 1.807) is 50.5 Å². The van der Waals surface area contributed by atoms with Gasteiger partial charge in [-0.2, -0.15) is 4.31 Å². The fourth-order valence-corrected chi connectivity index (χ4v) is 5.67. The number of nitrogens with zero attached hydrogens (tertiary/aromatic N) is 3. The number of pyridine rings is 1. The molecule has 0 fully saturated rings. The molecular weight excluding hydrogens is 466 g/mol. The Hall–Kier alpha value is -2.93. The van der Waals surface area contributed by atoms with Gasteiger partial charge >= 0.3 is 0 Å². The van der Waals surface area contributed by atoms with Crippen LogP contribution in [0.4, 0.5) is 0 Å². The summed E-state index contributed by atoms with van der Waals surface area (Å²) in [6.45, 7) is 5.64. The first-order valence-electron chi connectivity index (χ1n) is 11.8. The van der Waals surface area contributed by atoms with Crippen molar-refractivity contribution in [1.29, 1.82) is 0 Å². The molecule has 1 aliphatic heterocycles. The van der Waals surface area contributed by atoms with Crippen LogP contribution in [0.3, 0.4) is 0 Å². The van der Waals surface area contributed by atoms with Crippen LogP contribution in [0.25, 0.3) is 0 Å². The van der Waals surface area contributed by atoms with Crippen molar-refractivity contribution in [3.05, 3.63) is 53.9 Å². The van der Waals surface area contributed by atoms with E-state index in [0.717, 1.165) is 12.8 Å². The molecule has 35 heavy (non-hydrogen) atoms. The van der Waals surface area contributed by atoms with E-state index in [0.29, 0.717) is 11.3 Å². The number of aliphatic hydroxyl groups is 1. The maximum absolute atomic E-state index is 13.5. The summed E-state index contributed by atoms with van der Waals surface area (Å²) in [6, 6.07) is 9.34. The number of rotatable bonds is 6. The number of aromatic nitrogens is 1. The Kier molecular flexibility index (Phi) is 8.89. The zero-order valence-corrected chi connectivity index (χ0v) is 21.5. The van der Waals surface area contributed by atoms with Crippen molar-refractivity contribution in [2.24, 2.45) is 5.92 Å². The van der Waals surface area contributed by atoms with Gasteiger partial charge in [0.15, 0.2) is 0 Å². The van der Waals surface area contributed by atoms with E-state index in [2.05, 4.69) is 16.8 Å². The van der Waals surface area contributed by atoms with E-state index < -0.39 is 22.2 Å². The van der Waals surface area contributed by atoms with Crippen LogP contribution in [-0.4, -0.2) is 72.5 Å². The average molecular weight is 500 g/mol. The monoisotopic (exact) mass is 499 g/mol. The number of benzene rings is 1. The predicted molar refractivity (Wildman–Crippen MR) is 133 cm³/mol. The molecule has 0 bridgehead atoms. The summed E-state index contributed by atoms with van der Waals surface area (Å²) in [5.41, 5.74) is 0.972. The molecule has 0 unspecified atom stereocenters. The molecule has 2 heterocycles. The average Bonchev–Trinajstić information content (AvgIpc) is 2.85. The topological polar surface area (TPSA) is 100 Å². The van der Waals surface area contributed by atoms with Crippen LogP contribution < -0.4 is 4.74 Å². The van der Waals surface area contributed by atoms with Crippen LogP contribution >= 0.6 is 0 Å². The van der Waals surface area contributed by atoms with Crippen LogP contribution in [0.2, 0.25) is 0 Å². The molecule has 1 aliphatic rings. The molecule has 8 nitrogen and oxygen atoms in total. The second-order valence-electron chi connectivity index (χ2n) is 8.85. The molecule has 0 spiro atoms. The second kappa shape index (κ2) is 11.7. The Morgan fingerprint density at radius 1 is 1.34 bits per heavy atom. The maximum atomic E-state index is 13.5. The predicted octanol–water partition coefficient (Wildman–Crippen LogP) is 2.77. The third-order valence-corrected chi connectivity index (χ3v) is 7.98. The Morgan fingerprint density at radius 2 is 2.11 bits per heavy atom. The number of ether oxygens (including phenoxy) is 1. The highest BCUT2D eigenvalue weighted by Gasteiger charge is 2.38. The number of amides is 1. The number of carbonyl (C=O) groups excluding carboxylic acids is 1. The highest BCUT2D eigenvalue weighted by molar-refractivity contribution is 7.89. The lowest BCUT2D eigenvalue weighted by atomic mass is 10.0. The highest BCUT2D eigenvalue weighted by atomic mass is 32.2. The summed E-state index contributed by atoms with van der Waals surface area (Å²) in [5.74, 6) is 5.79. The second-order valence-corrected chi connectivity index (χ2v) is 10.7. The van der Waals surface area contributed by atoms with Gasteiger partial charge in [0.2, 0.25) is 10.0 Å². The van der Waals surface area contributed by atoms with Crippen molar-refractivity contribution >= 4 is 15.9 Å². The van der Waals surface area contributed by atoms with Crippen LogP contribution in [0.1, 0.15) is 49.7 Å². The molecule has 0 radical (unpaired) electrons. The number of likely N-dealkylation sites (N-methyl/N-ethyl adjacent to an activating group) is 1. The normalized spacial score (nSPS) is 20.3. The zero-order valence-electron chi connectivity index (χ0n) is 20.6. The summed E-state index contributed by atoms with van der Waals surface area (Å²) < 4.78 is 34.7. The molecule has 3 atom stereocenters. The number of hydrogen-bond donors (Lipinski definition) is 1. The van der Waals surface area contributed by atoms with Gasteiger partial charge in [-0.25, -0.2) is 8.42 Å². The Morgan fingerprint density at radius 3 is 2.77 bits per heavy atom. The minimum atomic E-state index is -3.93. The van der Waals surface area contributed by atoms with Crippen molar-refractivity contribution in [3.63, 3.8) is 0 Å². The van der Waals surface area contributed by atoms with Gasteiger partial charge in [0.05, 0.1) is 13.2 Å². The van der Waals surface area contributed by atoms with Crippen LogP contribution in [-0.2, 0) is 10.0 Å². The van der Waals surface area contributed by atoms with Crippen molar-refractivity contribution in [2.75, 3.05) is 26.7 Å². The molecule has 9 heteroatoms. The summed E-state index contributed by atoms with van der Waals surface area (Å²) >= 11 is 0. The summed E-state index contributed by atoms with van der Waals surface area (Å²) in [7, 11) is -2.26.